The van der Waals surface area contributed by atoms with Gasteiger partial charge in [-0.15, -0.1) is 0 Å². The second-order valence-corrected chi connectivity index (χ2v) is 7.87. The van der Waals surface area contributed by atoms with Gasteiger partial charge in [-0.1, -0.05) is 44.2 Å². The van der Waals surface area contributed by atoms with Gasteiger partial charge in [0, 0.05) is 5.41 Å². The molecule has 1 heteroatoms. The van der Waals surface area contributed by atoms with Crippen LogP contribution in [0.15, 0.2) is 36.0 Å². The zero-order chi connectivity index (χ0) is 14.0. The molecule has 0 spiro atoms. The van der Waals surface area contributed by atoms with E-state index in [2.05, 4.69) is 44.2 Å². The van der Waals surface area contributed by atoms with Crippen LogP contribution in [0.25, 0.3) is 0 Å². The number of aliphatic hydroxyl groups excluding tert-OH is 1. The molecule has 0 saturated heterocycles. The number of rotatable bonds is 0. The summed E-state index contributed by atoms with van der Waals surface area (Å²) < 4.78 is 0. The summed E-state index contributed by atoms with van der Waals surface area (Å²) in [6.07, 6.45) is 17.8. The Morgan fingerprint density at radius 2 is 2.00 bits per heavy atom. The molecule has 108 valence electrons. The van der Waals surface area contributed by atoms with Gasteiger partial charge < -0.3 is 5.11 Å². The van der Waals surface area contributed by atoms with Crippen molar-refractivity contribution in [1.29, 1.82) is 0 Å². The van der Waals surface area contributed by atoms with Crippen molar-refractivity contribution in [3.8, 4) is 0 Å². The zero-order valence-corrected chi connectivity index (χ0v) is 12.7. The minimum Gasteiger partial charge on any atom is -0.393 e. The van der Waals surface area contributed by atoms with Crippen LogP contribution in [0.4, 0.5) is 0 Å². The first-order chi connectivity index (χ1) is 9.56. The summed E-state index contributed by atoms with van der Waals surface area (Å²) in [6, 6.07) is 0. The molecule has 1 N–H and O–H groups in total. The van der Waals surface area contributed by atoms with E-state index in [0.717, 1.165) is 18.8 Å². The summed E-state index contributed by atoms with van der Waals surface area (Å²) >= 11 is 0. The van der Waals surface area contributed by atoms with Gasteiger partial charge in [0.2, 0.25) is 0 Å². The molecule has 0 aliphatic heterocycles. The van der Waals surface area contributed by atoms with Crippen LogP contribution in [-0.2, 0) is 0 Å². The summed E-state index contributed by atoms with van der Waals surface area (Å²) in [4.78, 5) is 0. The summed E-state index contributed by atoms with van der Waals surface area (Å²) in [5.74, 6) is 2.08. The van der Waals surface area contributed by atoms with Gasteiger partial charge in [0.15, 0.2) is 0 Å². The van der Waals surface area contributed by atoms with Crippen LogP contribution in [0.1, 0.15) is 46.0 Å². The molecular weight excluding hydrogens is 244 g/mol. The Hall–Kier alpha value is -0.820. The predicted molar refractivity (Wildman–Crippen MR) is 82.1 cm³/mol. The number of allylic oxidation sites excluding steroid dienone is 6. The van der Waals surface area contributed by atoms with Gasteiger partial charge >= 0.3 is 0 Å². The molecule has 2 saturated carbocycles. The van der Waals surface area contributed by atoms with Crippen LogP contribution in [0.2, 0.25) is 0 Å². The van der Waals surface area contributed by atoms with E-state index in [0.29, 0.717) is 11.8 Å². The zero-order valence-electron chi connectivity index (χ0n) is 12.7. The first kappa shape index (κ1) is 12.9. The maximum Gasteiger partial charge on any atom is 0.0596 e. The summed E-state index contributed by atoms with van der Waals surface area (Å²) in [5.41, 5.74) is 1.94. The highest BCUT2D eigenvalue weighted by atomic mass is 16.3. The molecule has 0 radical (unpaired) electrons. The molecule has 0 aromatic heterocycles. The van der Waals surface area contributed by atoms with Crippen LogP contribution >= 0.6 is 0 Å². The molecule has 0 amide bonds. The average Bonchev–Trinajstić information content (AvgIpc) is 2.74. The van der Waals surface area contributed by atoms with Gasteiger partial charge in [-0.05, 0) is 60.8 Å². The Kier molecular flexibility index (Phi) is 2.64. The first-order valence-electron chi connectivity index (χ1n) is 8.30. The molecule has 0 heterocycles. The minimum atomic E-state index is -0.0755. The Morgan fingerprint density at radius 1 is 1.15 bits per heavy atom. The van der Waals surface area contributed by atoms with E-state index in [9.17, 15) is 5.11 Å². The summed E-state index contributed by atoms with van der Waals surface area (Å²) in [5, 5.41) is 10.4. The van der Waals surface area contributed by atoms with Crippen molar-refractivity contribution in [3.05, 3.63) is 36.0 Å². The normalized spacial score (nSPS) is 53.0. The third kappa shape index (κ3) is 1.48. The van der Waals surface area contributed by atoms with Crippen LogP contribution in [0.3, 0.4) is 0 Å². The first-order valence-corrected chi connectivity index (χ1v) is 8.30. The van der Waals surface area contributed by atoms with E-state index < -0.39 is 0 Å². The lowest BCUT2D eigenvalue weighted by atomic mass is 9.50. The molecule has 6 atom stereocenters. The summed E-state index contributed by atoms with van der Waals surface area (Å²) in [6.45, 7) is 4.77. The van der Waals surface area contributed by atoms with Crippen LogP contribution in [0.5, 0.6) is 0 Å². The lowest BCUT2D eigenvalue weighted by molar-refractivity contribution is -0.0376. The van der Waals surface area contributed by atoms with Crippen molar-refractivity contribution in [2.45, 2.75) is 52.1 Å². The Labute approximate surface area is 122 Å². The Morgan fingerprint density at radius 3 is 2.85 bits per heavy atom. The lowest BCUT2D eigenvalue weighted by Crippen LogP contribution is -2.48. The minimum absolute atomic E-state index is 0.0755. The van der Waals surface area contributed by atoms with E-state index in [1.165, 1.54) is 24.8 Å². The molecule has 20 heavy (non-hydrogen) atoms. The number of hydrogen-bond donors (Lipinski definition) is 1. The average molecular weight is 270 g/mol. The van der Waals surface area contributed by atoms with E-state index >= 15 is 0 Å². The Bertz CT molecular complexity index is 514. The number of hydrogen-bond acceptors (Lipinski definition) is 1. The lowest BCUT2D eigenvalue weighted by Gasteiger charge is -2.54. The molecular formula is C19H26O. The topological polar surface area (TPSA) is 20.2 Å². The molecule has 4 rings (SSSR count). The van der Waals surface area contributed by atoms with Crippen LogP contribution in [0, 0.1) is 28.6 Å². The third-order valence-corrected chi connectivity index (χ3v) is 7.11. The fourth-order valence-corrected chi connectivity index (χ4v) is 5.76. The van der Waals surface area contributed by atoms with E-state index in [4.69, 9.17) is 0 Å². The molecule has 4 aliphatic rings. The van der Waals surface area contributed by atoms with Crippen LogP contribution < -0.4 is 0 Å². The standard InChI is InChI=1S/C19H26O/c1-18-11-4-3-5-13(18)6-7-14-15-8-9-17(20)19(15,2)12-10-16(14)18/h4-7,11,14-17,20H,3,8-10,12H2,1-2H3/t14-,15-,16-,17?,18-,19-/m0/s1. The van der Waals surface area contributed by atoms with Gasteiger partial charge in [0.25, 0.3) is 0 Å². The molecule has 4 aliphatic carbocycles. The van der Waals surface area contributed by atoms with Gasteiger partial charge in [-0.25, -0.2) is 0 Å². The van der Waals surface area contributed by atoms with Crippen molar-refractivity contribution in [1.82, 2.24) is 0 Å². The van der Waals surface area contributed by atoms with Gasteiger partial charge in [-0.2, -0.15) is 0 Å². The fourth-order valence-electron chi connectivity index (χ4n) is 5.76. The van der Waals surface area contributed by atoms with Gasteiger partial charge in [0.1, 0.15) is 0 Å². The second-order valence-electron chi connectivity index (χ2n) is 7.87. The quantitative estimate of drug-likeness (QED) is 0.652. The SMILES string of the molecule is C[C@]12C=CCC=C1C=C[C@@H]1[C@@H]2CC[C@]2(C)C(O)CC[C@@H]12. The maximum absolute atomic E-state index is 10.4. The highest BCUT2D eigenvalue weighted by molar-refractivity contribution is 5.40. The smallest absolute Gasteiger partial charge is 0.0596 e. The van der Waals surface area contributed by atoms with Crippen molar-refractivity contribution in [2.75, 3.05) is 0 Å². The molecule has 0 aromatic rings. The van der Waals surface area contributed by atoms with E-state index in [1.807, 2.05) is 0 Å². The maximum atomic E-state index is 10.4. The highest BCUT2D eigenvalue weighted by Gasteiger charge is 2.56. The molecule has 2 fully saturated rings. The van der Waals surface area contributed by atoms with Gasteiger partial charge in [0.05, 0.1) is 6.10 Å². The fraction of sp³-hybridized carbons (Fsp3) is 0.684. The third-order valence-electron chi connectivity index (χ3n) is 7.11. The Balaban J connectivity index is 1.76. The van der Waals surface area contributed by atoms with Crippen LogP contribution in [-0.4, -0.2) is 11.2 Å². The summed E-state index contributed by atoms with van der Waals surface area (Å²) in [7, 11) is 0. The highest BCUT2D eigenvalue weighted by Crippen LogP contribution is 2.62. The largest absolute Gasteiger partial charge is 0.393 e. The van der Waals surface area contributed by atoms with Crippen molar-refractivity contribution in [2.24, 2.45) is 28.6 Å². The van der Waals surface area contributed by atoms with Gasteiger partial charge in [-0.3, -0.25) is 0 Å². The van der Waals surface area contributed by atoms with E-state index in [-0.39, 0.29) is 16.9 Å². The van der Waals surface area contributed by atoms with E-state index in [1.54, 1.807) is 0 Å². The predicted octanol–water partition coefficient (Wildman–Crippen LogP) is 4.25. The molecule has 0 bridgehead atoms. The molecule has 1 nitrogen and oxygen atoms in total. The monoisotopic (exact) mass is 270 g/mol. The second kappa shape index (κ2) is 4.10. The number of aliphatic hydroxyl groups is 1. The van der Waals surface area contributed by atoms with Crippen molar-refractivity contribution >= 4 is 0 Å². The number of fused-ring (bicyclic) bond motifs is 5. The van der Waals surface area contributed by atoms with Crippen molar-refractivity contribution < 1.29 is 5.11 Å². The van der Waals surface area contributed by atoms with Crippen molar-refractivity contribution in [3.63, 3.8) is 0 Å². The molecule has 0 aromatic carbocycles. The molecule has 1 unspecified atom stereocenters.